The van der Waals surface area contributed by atoms with Gasteiger partial charge < -0.3 is 19.5 Å². The summed E-state index contributed by atoms with van der Waals surface area (Å²) in [7, 11) is 4.45. The number of thiazole rings is 1. The van der Waals surface area contributed by atoms with Crippen LogP contribution in [0.2, 0.25) is 5.02 Å². The second-order valence-corrected chi connectivity index (χ2v) is 9.45. The third kappa shape index (κ3) is 5.65. The number of carbonyl (C=O) groups excluding carboxylic acids is 1. The van der Waals surface area contributed by atoms with Crippen LogP contribution in [0.3, 0.4) is 0 Å². The van der Waals surface area contributed by atoms with Crippen molar-refractivity contribution in [3.63, 3.8) is 0 Å². The second-order valence-electron chi connectivity index (χ2n) is 8.15. The molecule has 0 fully saturated rings. The van der Waals surface area contributed by atoms with Crippen LogP contribution < -0.4 is 19.5 Å². The van der Waals surface area contributed by atoms with Gasteiger partial charge in [0.2, 0.25) is 5.75 Å². The predicted octanol–water partition coefficient (Wildman–Crippen LogP) is 7.01. The van der Waals surface area contributed by atoms with Crippen LogP contribution in [-0.2, 0) is 0 Å². The molecule has 0 unspecified atom stereocenters. The number of ketones is 1. The predicted molar refractivity (Wildman–Crippen MR) is 150 cm³/mol. The van der Waals surface area contributed by atoms with E-state index < -0.39 is 0 Å². The molecule has 38 heavy (non-hydrogen) atoms. The molecule has 3 aromatic carbocycles. The summed E-state index contributed by atoms with van der Waals surface area (Å²) < 4.78 is 16.1. The number of anilines is 1. The van der Waals surface area contributed by atoms with Gasteiger partial charge in [0, 0.05) is 39.0 Å². The summed E-state index contributed by atoms with van der Waals surface area (Å²) in [5.41, 5.74) is 4.34. The van der Waals surface area contributed by atoms with Crippen molar-refractivity contribution in [3.8, 4) is 34.6 Å². The van der Waals surface area contributed by atoms with E-state index in [1.807, 2.05) is 36.6 Å². The monoisotopic (exact) mass is 545 g/mol. The number of allylic oxidation sites excluding steroid dienone is 1. The van der Waals surface area contributed by atoms with Crippen LogP contribution in [0.5, 0.6) is 17.2 Å². The van der Waals surface area contributed by atoms with E-state index in [0.29, 0.717) is 49.7 Å². The van der Waals surface area contributed by atoms with Crippen LogP contribution in [0.15, 0.2) is 66.2 Å². The number of aryl methyl sites for hydroxylation is 1. The van der Waals surface area contributed by atoms with E-state index in [1.165, 1.54) is 38.9 Å². The first-order valence-electron chi connectivity index (χ1n) is 11.4. The maximum Gasteiger partial charge on any atom is 0.203 e. The molecule has 1 aromatic heterocycles. The highest BCUT2D eigenvalue weighted by Crippen LogP contribution is 2.39. The molecule has 192 valence electrons. The van der Waals surface area contributed by atoms with Gasteiger partial charge in [0.05, 0.1) is 27.0 Å². The summed E-state index contributed by atoms with van der Waals surface area (Å²) in [5, 5.41) is 15.8. The average Bonchev–Trinajstić information content (AvgIpc) is 3.43. The molecule has 0 bridgehead atoms. The highest BCUT2D eigenvalue weighted by atomic mass is 35.5. The average molecular weight is 546 g/mol. The van der Waals surface area contributed by atoms with Crippen molar-refractivity contribution in [2.45, 2.75) is 6.92 Å². The van der Waals surface area contributed by atoms with Crippen LogP contribution in [0, 0.1) is 18.3 Å². The molecule has 0 spiro atoms. The quantitative estimate of drug-likeness (QED) is 0.179. The van der Waals surface area contributed by atoms with E-state index in [1.54, 1.807) is 30.3 Å². The van der Waals surface area contributed by atoms with Gasteiger partial charge in [0.25, 0.3) is 0 Å². The molecule has 1 heterocycles. The summed E-state index contributed by atoms with van der Waals surface area (Å²) in [5.74, 6) is 0.765. The third-order valence-electron chi connectivity index (χ3n) is 5.73. The molecule has 0 saturated heterocycles. The normalized spacial score (nSPS) is 11.0. The minimum absolute atomic E-state index is 0.305. The van der Waals surface area contributed by atoms with E-state index in [0.717, 1.165) is 16.8 Å². The number of ether oxygens (including phenoxy) is 3. The number of nitrogens with one attached hydrogen (secondary N) is 1. The van der Waals surface area contributed by atoms with Crippen molar-refractivity contribution in [2.75, 3.05) is 26.6 Å². The van der Waals surface area contributed by atoms with Crippen molar-refractivity contribution < 1.29 is 19.0 Å². The van der Waals surface area contributed by atoms with Crippen molar-refractivity contribution >= 4 is 40.0 Å². The van der Waals surface area contributed by atoms with Gasteiger partial charge in [-0.3, -0.25) is 4.79 Å². The summed E-state index contributed by atoms with van der Waals surface area (Å²) in [6.45, 7) is 2.02. The fourth-order valence-corrected chi connectivity index (χ4v) is 4.71. The van der Waals surface area contributed by atoms with Crippen LogP contribution >= 0.6 is 22.9 Å². The van der Waals surface area contributed by atoms with Crippen LogP contribution in [0.4, 0.5) is 5.69 Å². The highest BCUT2D eigenvalue weighted by molar-refractivity contribution is 7.11. The molecule has 0 radical (unpaired) electrons. The first-order chi connectivity index (χ1) is 18.4. The van der Waals surface area contributed by atoms with Crippen molar-refractivity contribution in [1.29, 1.82) is 5.26 Å². The Kier molecular flexibility index (Phi) is 8.31. The van der Waals surface area contributed by atoms with Gasteiger partial charge in [0.1, 0.15) is 16.6 Å². The summed E-state index contributed by atoms with van der Waals surface area (Å²) in [6, 6.07) is 18.3. The van der Waals surface area contributed by atoms with Crippen molar-refractivity contribution in [1.82, 2.24) is 4.98 Å². The fourth-order valence-electron chi connectivity index (χ4n) is 3.74. The second kappa shape index (κ2) is 11.8. The molecule has 4 aromatic rings. The van der Waals surface area contributed by atoms with E-state index in [-0.39, 0.29) is 5.78 Å². The fraction of sp³-hybridized carbons (Fsp3) is 0.138. The molecular formula is C29H24ClN3O4S. The molecule has 0 aliphatic rings. The van der Waals surface area contributed by atoms with E-state index >= 15 is 0 Å². The largest absolute Gasteiger partial charge is 0.493 e. The number of halogens is 1. The molecule has 9 heteroatoms. The molecule has 1 N–H and O–H groups in total. The standard InChI is InChI=1S/C29H24ClN3O4S/c1-17-5-7-18(8-6-17)24-16-38-29(33-24)20(14-31)15-32-23-10-9-21(30)13-22(23)27(34)19-11-25(35-2)28(37-4)26(12-19)36-3/h5-13,15-16,32H,1-4H3/b20-15+. The number of methoxy groups -OCH3 is 3. The SMILES string of the molecule is COc1cc(C(=O)c2cc(Cl)ccc2N/C=C(\C#N)c2nc(-c3ccc(C)cc3)cs2)cc(OC)c1OC. The maximum absolute atomic E-state index is 13.6. The molecule has 0 aliphatic heterocycles. The Balaban J connectivity index is 1.66. The number of benzene rings is 3. The summed E-state index contributed by atoms with van der Waals surface area (Å²) in [6.07, 6.45) is 1.53. The number of rotatable bonds is 9. The van der Waals surface area contributed by atoms with Gasteiger partial charge in [0.15, 0.2) is 17.3 Å². The van der Waals surface area contributed by atoms with Crippen LogP contribution in [0.25, 0.3) is 16.8 Å². The minimum Gasteiger partial charge on any atom is -0.493 e. The number of nitrogens with zero attached hydrogens (tertiary/aromatic N) is 2. The Morgan fingerprint density at radius 3 is 2.32 bits per heavy atom. The lowest BCUT2D eigenvalue weighted by Gasteiger charge is -2.15. The third-order valence-corrected chi connectivity index (χ3v) is 6.84. The van der Waals surface area contributed by atoms with Gasteiger partial charge >= 0.3 is 0 Å². The summed E-state index contributed by atoms with van der Waals surface area (Å²) in [4.78, 5) is 18.2. The number of aromatic nitrogens is 1. The zero-order valence-corrected chi connectivity index (χ0v) is 22.7. The molecule has 0 saturated carbocycles. The number of carbonyl (C=O) groups is 1. The Hall–Kier alpha value is -4.32. The molecule has 0 aliphatic carbocycles. The Bertz CT molecular complexity index is 1530. The van der Waals surface area contributed by atoms with Crippen LogP contribution in [0.1, 0.15) is 26.5 Å². The molecule has 0 atom stereocenters. The molecule has 4 rings (SSSR count). The van der Waals surface area contributed by atoms with Crippen molar-refractivity contribution in [3.05, 3.63) is 92.9 Å². The van der Waals surface area contributed by atoms with Gasteiger partial charge in [-0.25, -0.2) is 4.98 Å². The van der Waals surface area contributed by atoms with Gasteiger partial charge in [-0.2, -0.15) is 5.26 Å². The Morgan fingerprint density at radius 1 is 1.03 bits per heavy atom. The van der Waals surface area contributed by atoms with E-state index in [4.69, 9.17) is 25.8 Å². The smallest absolute Gasteiger partial charge is 0.203 e. The van der Waals surface area contributed by atoms with E-state index in [9.17, 15) is 10.1 Å². The molecular weight excluding hydrogens is 522 g/mol. The molecule has 7 nitrogen and oxygen atoms in total. The van der Waals surface area contributed by atoms with E-state index in [2.05, 4.69) is 16.4 Å². The molecule has 0 amide bonds. The Labute approximate surface area is 229 Å². The Morgan fingerprint density at radius 2 is 1.71 bits per heavy atom. The number of nitriles is 1. The van der Waals surface area contributed by atoms with Crippen molar-refractivity contribution in [2.24, 2.45) is 0 Å². The zero-order valence-electron chi connectivity index (χ0n) is 21.2. The summed E-state index contributed by atoms with van der Waals surface area (Å²) >= 11 is 7.61. The highest BCUT2D eigenvalue weighted by Gasteiger charge is 2.20. The lowest BCUT2D eigenvalue weighted by molar-refractivity contribution is 0.103. The lowest BCUT2D eigenvalue weighted by Crippen LogP contribution is -2.07. The maximum atomic E-state index is 13.6. The number of hydrogen-bond acceptors (Lipinski definition) is 8. The zero-order chi connectivity index (χ0) is 27.2. The lowest BCUT2D eigenvalue weighted by atomic mass is 10.0. The van der Waals surface area contributed by atoms with Gasteiger partial charge in [-0.05, 0) is 37.3 Å². The van der Waals surface area contributed by atoms with Crippen LogP contribution in [-0.4, -0.2) is 32.1 Å². The topological polar surface area (TPSA) is 93.5 Å². The van der Waals surface area contributed by atoms with Gasteiger partial charge in [-0.15, -0.1) is 11.3 Å². The number of hydrogen-bond donors (Lipinski definition) is 1. The minimum atomic E-state index is -0.322. The van der Waals surface area contributed by atoms with Gasteiger partial charge in [-0.1, -0.05) is 41.4 Å². The first kappa shape index (κ1) is 26.7. The first-order valence-corrected chi connectivity index (χ1v) is 12.7.